The first-order chi connectivity index (χ1) is 6.38. The summed E-state index contributed by atoms with van der Waals surface area (Å²) in [5.74, 6) is 2.52. The first kappa shape index (κ1) is 10.8. The molecule has 14 heavy (non-hydrogen) atoms. The number of nitrogens with two attached hydrogens (primary N) is 1. The lowest BCUT2D eigenvalue weighted by atomic mass is 10.2. The van der Waals surface area contributed by atoms with Crippen molar-refractivity contribution in [3.63, 3.8) is 0 Å². The van der Waals surface area contributed by atoms with Crippen molar-refractivity contribution in [2.24, 2.45) is 0 Å². The normalized spacial score (nSPS) is 10.6. The van der Waals surface area contributed by atoms with E-state index in [-0.39, 0.29) is 5.82 Å². The van der Waals surface area contributed by atoms with Crippen LogP contribution in [0.2, 0.25) is 19.6 Å². The van der Waals surface area contributed by atoms with E-state index in [4.69, 9.17) is 5.73 Å². The van der Waals surface area contributed by atoms with Gasteiger partial charge >= 0.3 is 0 Å². The van der Waals surface area contributed by atoms with Crippen molar-refractivity contribution in [1.82, 2.24) is 0 Å². The van der Waals surface area contributed by atoms with E-state index in [1.807, 2.05) is 0 Å². The predicted molar refractivity (Wildman–Crippen MR) is 61.0 cm³/mol. The monoisotopic (exact) mass is 207 g/mol. The molecule has 0 radical (unpaired) electrons. The van der Waals surface area contributed by atoms with Crippen LogP contribution in [-0.2, 0) is 0 Å². The van der Waals surface area contributed by atoms with Gasteiger partial charge in [0.1, 0.15) is 13.9 Å². The summed E-state index contributed by atoms with van der Waals surface area (Å²) >= 11 is 0. The molecule has 0 spiro atoms. The van der Waals surface area contributed by atoms with Crippen molar-refractivity contribution < 1.29 is 4.39 Å². The van der Waals surface area contributed by atoms with Gasteiger partial charge in [-0.05, 0) is 18.2 Å². The molecule has 0 fully saturated rings. The highest BCUT2D eigenvalue weighted by Gasteiger charge is 2.08. The van der Waals surface area contributed by atoms with Gasteiger partial charge in [0.05, 0.1) is 5.56 Å². The van der Waals surface area contributed by atoms with Crippen molar-refractivity contribution in [2.45, 2.75) is 19.6 Å². The third-order valence-electron chi connectivity index (χ3n) is 1.57. The maximum Gasteiger partial charge on any atom is 0.140 e. The fourth-order valence-corrected chi connectivity index (χ4v) is 1.40. The molecule has 2 N–H and O–H groups in total. The Kier molecular flexibility index (Phi) is 2.97. The molecule has 0 heterocycles. The maximum absolute atomic E-state index is 13.3. The minimum atomic E-state index is -1.44. The number of anilines is 1. The highest BCUT2D eigenvalue weighted by atomic mass is 28.3. The Bertz CT molecular complexity index is 396. The Morgan fingerprint density at radius 3 is 2.43 bits per heavy atom. The van der Waals surface area contributed by atoms with Crippen LogP contribution >= 0.6 is 0 Å². The lowest BCUT2D eigenvalue weighted by Gasteiger charge is -2.03. The van der Waals surface area contributed by atoms with Crippen molar-refractivity contribution in [3.05, 3.63) is 29.6 Å². The Hall–Kier alpha value is -1.27. The number of benzene rings is 1. The molecule has 0 amide bonds. The molecule has 0 atom stereocenters. The van der Waals surface area contributed by atoms with Crippen LogP contribution in [0.15, 0.2) is 18.2 Å². The van der Waals surface area contributed by atoms with Gasteiger partial charge < -0.3 is 5.73 Å². The van der Waals surface area contributed by atoms with Crippen molar-refractivity contribution in [2.75, 3.05) is 5.73 Å². The molecular formula is C11H14FNSi. The SMILES string of the molecule is C[Si](C)(C)C#Cc1ccc(N)cc1F. The maximum atomic E-state index is 13.3. The highest BCUT2D eigenvalue weighted by Crippen LogP contribution is 2.10. The minimum absolute atomic E-state index is 0.337. The van der Waals surface area contributed by atoms with Gasteiger partial charge in [0, 0.05) is 5.69 Å². The number of nitrogen functional groups attached to an aromatic ring is 1. The second kappa shape index (κ2) is 3.85. The van der Waals surface area contributed by atoms with Crippen LogP contribution in [0.1, 0.15) is 5.56 Å². The average molecular weight is 207 g/mol. The quantitative estimate of drug-likeness (QED) is 0.395. The topological polar surface area (TPSA) is 26.0 Å². The molecule has 0 unspecified atom stereocenters. The summed E-state index contributed by atoms with van der Waals surface area (Å²) in [5.41, 5.74) is 9.40. The molecule has 1 aromatic rings. The molecule has 0 saturated heterocycles. The summed E-state index contributed by atoms with van der Waals surface area (Å²) in [7, 11) is -1.44. The minimum Gasteiger partial charge on any atom is -0.399 e. The summed E-state index contributed by atoms with van der Waals surface area (Å²) in [4.78, 5) is 0. The fraction of sp³-hybridized carbons (Fsp3) is 0.273. The molecule has 1 aromatic carbocycles. The van der Waals surface area contributed by atoms with E-state index >= 15 is 0 Å². The van der Waals surface area contributed by atoms with Gasteiger partial charge in [-0.15, -0.1) is 5.54 Å². The van der Waals surface area contributed by atoms with E-state index in [1.165, 1.54) is 6.07 Å². The number of hydrogen-bond donors (Lipinski definition) is 1. The van der Waals surface area contributed by atoms with Gasteiger partial charge in [0.2, 0.25) is 0 Å². The molecule has 0 aromatic heterocycles. The van der Waals surface area contributed by atoms with E-state index in [1.54, 1.807) is 12.1 Å². The Morgan fingerprint density at radius 2 is 1.93 bits per heavy atom. The molecule has 0 bridgehead atoms. The van der Waals surface area contributed by atoms with Gasteiger partial charge in [-0.2, -0.15) is 0 Å². The molecule has 1 nitrogen and oxygen atoms in total. The number of hydrogen-bond acceptors (Lipinski definition) is 1. The molecule has 0 aliphatic carbocycles. The molecule has 1 rings (SSSR count). The summed E-state index contributed by atoms with van der Waals surface area (Å²) in [6.07, 6.45) is 0. The number of halogens is 1. The van der Waals surface area contributed by atoms with Crippen molar-refractivity contribution >= 4 is 13.8 Å². The standard InChI is InChI=1S/C11H14FNSi/c1-14(2,3)7-6-9-4-5-10(13)8-11(9)12/h4-5,8H,13H2,1-3H3. The van der Waals surface area contributed by atoms with Gasteiger partial charge in [-0.1, -0.05) is 25.6 Å². The van der Waals surface area contributed by atoms with Crippen LogP contribution in [-0.4, -0.2) is 8.07 Å². The number of rotatable bonds is 0. The van der Waals surface area contributed by atoms with Crippen LogP contribution in [0.4, 0.5) is 10.1 Å². The second-order valence-corrected chi connectivity index (χ2v) is 8.99. The molecule has 0 saturated carbocycles. The largest absolute Gasteiger partial charge is 0.399 e. The first-order valence-electron chi connectivity index (χ1n) is 4.47. The fourth-order valence-electron chi connectivity index (χ4n) is 0.888. The van der Waals surface area contributed by atoms with E-state index < -0.39 is 8.07 Å². The summed E-state index contributed by atoms with van der Waals surface area (Å²) in [5, 5.41) is 0. The first-order valence-corrected chi connectivity index (χ1v) is 7.97. The zero-order chi connectivity index (χ0) is 10.8. The van der Waals surface area contributed by atoms with Gasteiger partial charge in [0.25, 0.3) is 0 Å². The summed E-state index contributed by atoms with van der Waals surface area (Å²) in [6, 6.07) is 4.59. The zero-order valence-corrected chi connectivity index (χ0v) is 9.69. The van der Waals surface area contributed by atoms with Crippen LogP contribution in [0, 0.1) is 17.3 Å². The molecule has 74 valence electrons. The molecule has 0 aliphatic heterocycles. The van der Waals surface area contributed by atoms with E-state index in [9.17, 15) is 4.39 Å². The third-order valence-corrected chi connectivity index (χ3v) is 2.44. The van der Waals surface area contributed by atoms with E-state index in [0.717, 1.165) is 0 Å². The predicted octanol–water partition coefficient (Wildman–Crippen LogP) is 2.64. The molecule has 3 heteroatoms. The average Bonchev–Trinajstić information content (AvgIpc) is 2.00. The van der Waals surface area contributed by atoms with Crippen LogP contribution in [0.3, 0.4) is 0 Å². The van der Waals surface area contributed by atoms with Crippen LogP contribution < -0.4 is 5.73 Å². The Labute approximate surface area is 85.1 Å². The van der Waals surface area contributed by atoms with Crippen molar-refractivity contribution in [3.8, 4) is 11.5 Å². The smallest absolute Gasteiger partial charge is 0.140 e. The van der Waals surface area contributed by atoms with Crippen LogP contribution in [0.25, 0.3) is 0 Å². The molecule has 0 aliphatic rings. The van der Waals surface area contributed by atoms with Gasteiger partial charge in [-0.25, -0.2) is 4.39 Å². The van der Waals surface area contributed by atoms with Gasteiger partial charge in [-0.3, -0.25) is 0 Å². The molecular weight excluding hydrogens is 193 g/mol. The summed E-state index contributed by atoms with van der Waals surface area (Å²) < 4.78 is 13.3. The van der Waals surface area contributed by atoms with E-state index in [2.05, 4.69) is 31.1 Å². The lowest BCUT2D eigenvalue weighted by Crippen LogP contribution is -2.16. The lowest BCUT2D eigenvalue weighted by molar-refractivity contribution is 0.625. The Morgan fingerprint density at radius 1 is 1.29 bits per heavy atom. The third kappa shape index (κ3) is 3.23. The zero-order valence-electron chi connectivity index (χ0n) is 8.69. The highest BCUT2D eigenvalue weighted by molar-refractivity contribution is 6.83. The van der Waals surface area contributed by atoms with Crippen molar-refractivity contribution in [1.29, 1.82) is 0 Å². The summed E-state index contributed by atoms with van der Waals surface area (Å²) in [6.45, 7) is 6.36. The van der Waals surface area contributed by atoms with E-state index in [0.29, 0.717) is 11.3 Å². The van der Waals surface area contributed by atoms with Crippen LogP contribution in [0.5, 0.6) is 0 Å². The Balaban J connectivity index is 3.02. The second-order valence-electron chi connectivity index (χ2n) is 4.24. The van der Waals surface area contributed by atoms with Gasteiger partial charge in [0.15, 0.2) is 0 Å².